The molecule has 0 saturated heterocycles. The summed E-state index contributed by atoms with van der Waals surface area (Å²) in [5.74, 6) is 0.994. The quantitative estimate of drug-likeness (QED) is 0.871. The third-order valence-corrected chi connectivity index (χ3v) is 3.71. The Labute approximate surface area is 112 Å². The average molecular weight is 265 g/mol. The zero-order valence-electron chi connectivity index (χ0n) is 11.0. The van der Waals surface area contributed by atoms with Crippen molar-refractivity contribution in [1.29, 1.82) is 0 Å². The van der Waals surface area contributed by atoms with E-state index in [9.17, 15) is 0 Å². The van der Waals surface area contributed by atoms with Gasteiger partial charge in [0.2, 0.25) is 0 Å². The van der Waals surface area contributed by atoms with Gasteiger partial charge in [0.15, 0.2) is 0 Å². The number of likely N-dealkylation sites (N-methyl/N-ethyl adjacent to an activating group) is 1. The average Bonchev–Trinajstić information content (AvgIpc) is 2.95. The van der Waals surface area contributed by atoms with Crippen LogP contribution in [0, 0.1) is 6.92 Å². The van der Waals surface area contributed by atoms with Gasteiger partial charge in [0, 0.05) is 24.2 Å². The number of aryl methyl sites for hydroxylation is 1. The first-order chi connectivity index (χ1) is 8.66. The van der Waals surface area contributed by atoms with Gasteiger partial charge in [-0.1, -0.05) is 0 Å². The molecule has 0 spiro atoms. The Balaban J connectivity index is 1.87. The SMILES string of the molecule is Cc1ncc(CNCC(c2ccco2)N(C)C)s1. The summed E-state index contributed by atoms with van der Waals surface area (Å²) in [7, 11) is 4.12. The Hall–Kier alpha value is -1.17. The van der Waals surface area contributed by atoms with Gasteiger partial charge in [0.05, 0.1) is 17.3 Å². The number of rotatable bonds is 6. The van der Waals surface area contributed by atoms with Crippen LogP contribution >= 0.6 is 11.3 Å². The summed E-state index contributed by atoms with van der Waals surface area (Å²) >= 11 is 1.73. The molecule has 98 valence electrons. The lowest BCUT2D eigenvalue weighted by molar-refractivity contribution is 0.250. The summed E-state index contributed by atoms with van der Waals surface area (Å²) < 4.78 is 5.47. The van der Waals surface area contributed by atoms with Crippen molar-refractivity contribution in [1.82, 2.24) is 15.2 Å². The molecule has 0 fully saturated rings. The zero-order chi connectivity index (χ0) is 13.0. The first-order valence-electron chi connectivity index (χ1n) is 5.98. The molecular weight excluding hydrogens is 246 g/mol. The molecule has 2 aromatic rings. The second-order valence-electron chi connectivity index (χ2n) is 4.47. The number of nitrogens with zero attached hydrogens (tertiary/aromatic N) is 2. The molecule has 0 radical (unpaired) electrons. The van der Waals surface area contributed by atoms with Crippen molar-refractivity contribution in [3.8, 4) is 0 Å². The van der Waals surface area contributed by atoms with Gasteiger partial charge in [-0.3, -0.25) is 4.90 Å². The minimum Gasteiger partial charge on any atom is -0.468 e. The van der Waals surface area contributed by atoms with Crippen molar-refractivity contribution in [3.05, 3.63) is 40.2 Å². The molecule has 0 aliphatic carbocycles. The van der Waals surface area contributed by atoms with Crippen LogP contribution in [0.3, 0.4) is 0 Å². The van der Waals surface area contributed by atoms with Gasteiger partial charge in [-0.2, -0.15) is 0 Å². The predicted octanol–water partition coefficient (Wildman–Crippen LogP) is 2.44. The standard InChI is InChI=1S/C13H19N3OS/c1-10-15-8-11(18-10)7-14-9-12(16(2)3)13-5-4-6-17-13/h4-6,8,12,14H,7,9H2,1-3H3. The maximum Gasteiger partial charge on any atom is 0.122 e. The van der Waals surface area contributed by atoms with Crippen LogP contribution in [0.2, 0.25) is 0 Å². The zero-order valence-corrected chi connectivity index (χ0v) is 11.8. The fourth-order valence-corrected chi connectivity index (χ4v) is 2.60. The molecule has 1 N–H and O–H groups in total. The van der Waals surface area contributed by atoms with E-state index in [1.807, 2.05) is 25.3 Å². The van der Waals surface area contributed by atoms with Crippen molar-refractivity contribution < 1.29 is 4.42 Å². The van der Waals surface area contributed by atoms with E-state index in [0.29, 0.717) is 0 Å². The Morgan fingerprint density at radius 3 is 2.89 bits per heavy atom. The van der Waals surface area contributed by atoms with Crippen molar-refractivity contribution >= 4 is 11.3 Å². The molecule has 2 aromatic heterocycles. The minimum atomic E-state index is 0.258. The molecule has 0 aromatic carbocycles. The van der Waals surface area contributed by atoms with Crippen LogP contribution in [-0.2, 0) is 6.54 Å². The van der Waals surface area contributed by atoms with Gasteiger partial charge in [0.25, 0.3) is 0 Å². The highest BCUT2D eigenvalue weighted by molar-refractivity contribution is 7.11. The largest absolute Gasteiger partial charge is 0.468 e. The van der Waals surface area contributed by atoms with E-state index in [1.54, 1.807) is 17.6 Å². The molecule has 0 amide bonds. The van der Waals surface area contributed by atoms with E-state index in [1.165, 1.54) is 4.88 Å². The molecule has 2 heterocycles. The molecule has 1 atom stereocenters. The maximum absolute atomic E-state index is 5.47. The number of nitrogens with one attached hydrogen (secondary N) is 1. The molecule has 0 aliphatic heterocycles. The number of aromatic nitrogens is 1. The first-order valence-corrected chi connectivity index (χ1v) is 6.80. The van der Waals surface area contributed by atoms with Gasteiger partial charge in [-0.25, -0.2) is 4.98 Å². The normalized spacial score (nSPS) is 13.1. The van der Waals surface area contributed by atoms with Gasteiger partial charge in [-0.05, 0) is 33.2 Å². The molecule has 0 aliphatic rings. The van der Waals surface area contributed by atoms with E-state index in [2.05, 4.69) is 29.3 Å². The minimum absolute atomic E-state index is 0.258. The third kappa shape index (κ3) is 3.41. The number of furan rings is 1. The molecule has 18 heavy (non-hydrogen) atoms. The van der Waals surface area contributed by atoms with Crippen LogP contribution in [0.1, 0.15) is 21.7 Å². The van der Waals surface area contributed by atoms with Crippen molar-refractivity contribution in [3.63, 3.8) is 0 Å². The molecule has 2 rings (SSSR count). The van der Waals surface area contributed by atoms with Crippen LogP contribution in [-0.4, -0.2) is 30.5 Å². The lowest BCUT2D eigenvalue weighted by Gasteiger charge is -2.22. The molecular formula is C13H19N3OS. The highest BCUT2D eigenvalue weighted by Crippen LogP contribution is 2.18. The highest BCUT2D eigenvalue weighted by Gasteiger charge is 2.16. The number of hydrogen-bond acceptors (Lipinski definition) is 5. The predicted molar refractivity (Wildman–Crippen MR) is 73.7 cm³/mol. The van der Waals surface area contributed by atoms with Gasteiger partial charge in [0.1, 0.15) is 5.76 Å². The Bertz CT molecular complexity index is 464. The van der Waals surface area contributed by atoms with E-state index in [0.717, 1.165) is 23.9 Å². The van der Waals surface area contributed by atoms with E-state index >= 15 is 0 Å². The van der Waals surface area contributed by atoms with Crippen molar-refractivity contribution in [2.24, 2.45) is 0 Å². The van der Waals surface area contributed by atoms with E-state index in [-0.39, 0.29) is 6.04 Å². The fraction of sp³-hybridized carbons (Fsp3) is 0.462. The van der Waals surface area contributed by atoms with E-state index < -0.39 is 0 Å². The third-order valence-electron chi connectivity index (χ3n) is 2.80. The van der Waals surface area contributed by atoms with E-state index in [4.69, 9.17) is 4.42 Å². The van der Waals surface area contributed by atoms with Crippen LogP contribution in [0.25, 0.3) is 0 Å². The van der Waals surface area contributed by atoms with Crippen LogP contribution in [0.5, 0.6) is 0 Å². The Morgan fingerprint density at radius 2 is 2.33 bits per heavy atom. The molecule has 0 bridgehead atoms. The summed E-state index contributed by atoms with van der Waals surface area (Å²) in [4.78, 5) is 7.67. The van der Waals surface area contributed by atoms with Crippen LogP contribution < -0.4 is 5.32 Å². The monoisotopic (exact) mass is 265 g/mol. The summed E-state index contributed by atoms with van der Waals surface area (Å²) in [6.07, 6.45) is 3.66. The van der Waals surface area contributed by atoms with Crippen LogP contribution in [0.15, 0.2) is 29.0 Å². The molecule has 1 unspecified atom stereocenters. The Morgan fingerprint density at radius 1 is 1.50 bits per heavy atom. The van der Waals surface area contributed by atoms with Gasteiger partial charge >= 0.3 is 0 Å². The van der Waals surface area contributed by atoms with Crippen molar-refractivity contribution in [2.75, 3.05) is 20.6 Å². The smallest absolute Gasteiger partial charge is 0.122 e. The fourth-order valence-electron chi connectivity index (χ4n) is 1.84. The Kier molecular flexibility index (Phi) is 4.52. The first kappa shape index (κ1) is 13.3. The maximum atomic E-state index is 5.47. The molecule has 0 saturated carbocycles. The highest BCUT2D eigenvalue weighted by atomic mass is 32.1. The summed E-state index contributed by atoms with van der Waals surface area (Å²) in [6.45, 7) is 3.74. The van der Waals surface area contributed by atoms with Gasteiger partial charge in [-0.15, -0.1) is 11.3 Å². The number of thiazole rings is 1. The second kappa shape index (κ2) is 6.13. The number of hydrogen-bond donors (Lipinski definition) is 1. The van der Waals surface area contributed by atoms with Crippen LogP contribution in [0.4, 0.5) is 0 Å². The van der Waals surface area contributed by atoms with Crippen molar-refractivity contribution in [2.45, 2.75) is 19.5 Å². The summed E-state index contributed by atoms with van der Waals surface area (Å²) in [6, 6.07) is 4.20. The summed E-state index contributed by atoms with van der Waals surface area (Å²) in [5.41, 5.74) is 0. The van der Waals surface area contributed by atoms with Gasteiger partial charge < -0.3 is 9.73 Å². The second-order valence-corrected chi connectivity index (χ2v) is 5.79. The summed E-state index contributed by atoms with van der Waals surface area (Å²) in [5, 5.41) is 4.57. The lowest BCUT2D eigenvalue weighted by atomic mass is 10.2. The molecule has 4 nitrogen and oxygen atoms in total. The lowest BCUT2D eigenvalue weighted by Crippen LogP contribution is -2.30. The topological polar surface area (TPSA) is 41.3 Å². The molecule has 5 heteroatoms.